The van der Waals surface area contributed by atoms with E-state index in [9.17, 15) is 45.3 Å². The van der Waals surface area contributed by atoms with E-state index in [4.69, 9.17) is 34.2 Å². The molecule has 5 rings (SSSR count). The first-order valence-electron chi connectivity index (χ1n) is 17.1. The number of thioether (sulfide) groups is 1. The summed E-state index contributed by atoms with van der Waals surface area (Å²) in [6, 6.07) is 1.50. The van der Waals surface area contributed by atoms with E-state index in [1.807, 2.05) is 0 Å². The highest BCUT2D eigenvalue weighted by Gasteiger charge is 2.50. The molecule has 0 unspecified atom stereocenters. The fourth-order valence-corrected chi connectivity index (χ4v) is 6.82. The Kier molecular flexibility index (Phi) is 15.1. The number of carbonyl (C=O) groups is 1. The lowest BCUT2D eigenvalue weighted by Gasteiger charge is -2.45. The van der Waals surface area contributed by atoms with Gasteiger partial charge in [0.25, 0.3) is 0 Å². The van der Waals surface area contributed by atoms with E-state index >= 15 is 0 Å². The summed E-state index contributed by atoms with van der Waals surface area (Å²) < 4.78 is 36.1. The minimum absolute atomic E-state index is 0.0226. The molecule has 3 saturated heterocycles. The summed E-state index contributed by atoms with van der Waals surface area (Å²) in [5, 5.41) is 81.6. The molecule has 10 N–H and O–H groups in total. The van der Waals surface area contributed by atoms with Gasteiger partial charge in [0, 0.05) is 25.1 Å². The summed E-state index contributed by atoms with van der Waals surface area (Å²) in [6.07, 6.45) is -10.1. The summed E-state index contributed by atoms with van der Waals surface area (Å²) >= 11 is 1.40. The summed E-state index contributed by atoms with van der Waals surface area (Å²) in [6.45, 7) is -0.509. The van der Waals surface area contributed by atoms with E-state index in [1.54, 1.807) is 10.9 Å². The molecule has 3 aliphatic heterocycles. The molecule has 0 aromatic carbocycles. The van der Waals surface area contributed by atoms with Crippen LogP contribution in [-0.4, -0.2) is 165 Å². The van der Waals surface area contributed by atoms with Gasteiger partial charge in [-0.25, -0.2) is 9.59 Å². The van der Waals surface area contributed by atoms with Crippen LogP contribution in [0.15, 0.2) is 23.3 Å². The molecule has 3 fully saturated rings. The summed E-state index contributed by atoms with van der Waals surface area (Å²) in [7, 11) is 0. The highest BCUT2D eigenvalue weighted by molar-refractivity contribution is 8.00. The first kappa shape index (κ1) is 41.1. The van der Waals surface area contributed by atoms with Crippen molar-refractivity contribution in [2.24, 2.45) is 0 Å². The van der Waals surface area contributed by atoms with Crippen LogP contribution in [0.4, 0.5) is 10.6 Å². The number of hydrogen-bond acceptors (Lipinski definition) is 20. The Hall–Kier alpha value is -3.04. The number of aryl methyl sites for hydroxylation is 1. The molecule has 3 aliphatic rings. The van der Waals surface area contributed by atoms with Crippen LogP contribution >= 0.6 is 11.8 Å². The molecule has 0 aliphatic carbocycles. The normalized spacial score (nSPS) is 33.2. The number of carbonyl (C=O) groups excluding carboxylic acids is 1. The SMILES string of the molecule is Nc1ccn([C@@H]2CS[C@H](COC(=O)NCc3cn(CCCCCCO[C@@H]4O[C@H](CO)[C@@H](O[C@@H]5O[C@H](CO)[C@H](O)[C@H](O)[C@H]5O)[C@H](O)[C@H]4O)nn3)O2)c(=O)n1. The molecule has 12 atom stereocenters. The zero-order valence-corrected chi connectivity index (χ0v) is 29.4. The number of hydrogen-bond donors (Lipinski definition) is 9. The number of alkyl carbamates (subject to hydrolysis) is 1. The number of aromatic nitrogens is 5. The predicted molar refractivity (Wildman–Crippen MR) is 178 cm³/mol. The van der Waals surface area contributed by atoms with E-state index in [2.05, 4.69) is 20.6 Å². The Morgan fingerprint density at radius 2 is 1.70 bits per heavy atom. The van der Waals surface area contributed by atoms with Gasteiger partial charge in [0.15, 0.2) is 12.6 Å². The van der Waals surface area contributed by atoms with Crippen molar-refractivity contribution in [3.63, 3.8) is 0 Å². The minimum atomic E-state index is -1.75. The zero-order chi connectivity index (χ0) is 38.1. The standard InChI is InChI=1S/C30H47N7O15S/c31-18-5-7-37(29(45)33-18)19-14-53-20(51-19)13-48-30(46)32-9-15-10-36(35-34-15)6-3-1-2-4-8-47-27-25(44)23(42)26(17(12-39)50-27)52-28-24(43)22(41)21(40)16(11-38)49-28/h5,7,10,16-17,19-28,38-44H,1-4,6,8-9,11-14H2,(H,32,46)(H2,31,33,45)/t16-,17-,19+,20-,21+,22+,23-,24-,25-,26-,27-,28+/m1/s1. The number of amides is 1. The fraction of sp³-hybridized carbons (Fsp3) is 0.767. The monoisotopic (exact) mass is 777 g/mol. The van der Waals surface area contributed by atoms with Crippen molar-refractivity contribution in [2.45, 2.75) is 112 Å². The number of nitrogens with two attached hydrogens (primary N) is 1. The molecule has 0 bridgehead atoms. The van der Waals surface area contributed by atoms with Gasteiger partial charge in [0.1, 0.15) is 78.6 Å². The van der Waals surface area contributed by atoms with Crippen molar-refractivity contribution >= 4 is 23.7 Å². The molecule has 22 nitrogen and oxygen atoms in total. The van der Waals surface area contributed by atoms with E-state index < -0.39 is 98.1 Å². The number of unbranched alkanes of at least 4 members (excludes halogenated alkanes) is 3. The molecule has 298 valence electrons. The van der Waals surface area contributed by atoms with E-state index in [0.717, 1.165) is 19.3 Å². The van der Waals surface area contributed by atoms with Crippen molar-refractivity contribution in [3.05, 3.63) is 34.6 Å². The van der Waals surface area contributed by atoms with Crippen molar-refractivity contribution < 1.29 is 69.0 Å². The Balaban J connectivity index is 0.929. The first-order valence-corrected chi connectivity index (χ1v) is 18.1. The second-order valence-electron chi connectivity index (χ2n) is 12.6. The van der Waals surface area contributed by atoms with Crippen LogP contribution in [0.3, 0.4) is 0 Å². The Labute approximate surface area is 306 Å². The largest absolute Gasteiger partial charge is 0.446 e. The molecular formula is C30H47N7O15S. The van der Waals surface area contributed by atoms with Crippen molar-refractivity contribution in [1.29, 1.82) is 0 Å². The summed E-state index contributed by atoms with van der Waals surface area (Å²) in [5.74, 6) is 0.598. The topological polar surface area (TPSA) is 318 Å². The van der Waals surface area contributed by atoms with Gasteiger partial charge in [-0.05, 0) is 18.9 Å². The number of aliphatic hydroxyl groups is 7. The highest BCUT2D eigenvalue weighted by atomic mass is 32.2. The smallest absolute Gasteiger partial charge is 0.407 e. The third-order valence-electron chi connectivity index (χ3n) is 8.77. The maximum Gasteiger partial charge on any atom is 0.407 e. The molecule has 2 aromatic heterocycles. The number of rotatable bonds is 17. The molecule has 23 heteroatoms. The van der Waals surface area contributed by atoms with Crippen LogP contribution in [0.5, 0.6) is 0 Å². The van der Waals surface area contributed by atoms with Gasteiger partial charge >= 0.3 is 11.8 Å². The Morgan fingerprint density at radius 1 is 0.962 bits per heavy atom. The number of nitrogen functional groups attached to an aromatic ring is 1. The highest BCUT2D eigenvalue weighted by Crippen LogP contribution is 2.32. The zero-order valence-electron chi connectivity index (χ0n) is 28.6. The van der Waals surface area contributed by atoms with Crippen LogP contribution < -0.4 is 16.7 Å². The lowest BCUT2D eigenvalue weighted by Crippen LogP contribution is -2.64. The fourth-order valence-electron chi connectivity index (χ4n) is 5.83. The second kappa shape index (κ2) is 19.5. The molecule has 0 radical (unpaired) electrons. The lowest BCUT2D eigenvalue weighted by molar-refractivity contribution is -0.359. The van der Waals surface area contributed by atoms with Crippen LogP contribution in [0.2, 0.25) is 0 Å². The molecule has 5 heterocycles. The maximum atomic E-state index is 12.2. The minimum Gasteiger partial charge on any atom is -0.446 e. The van der Waals surface area contributed by atoms with Gasteiger partial charge in [0.2, 0.25) is 0 Å². The number of anilines is 1. The molecular weight excluding hydrogens is 730 g/mol. The first-order chi connectivity index (χ1) is 25.5. The van der Waals surface area contributed by atoms with Crippen LogP contribution in [0, 0.1) is 0 Å². The average Bonchev–Trinajstić information content (AvgIpc) is 3.82. The van der Waals surface area contributed by atoms with Gasteiger partial charge in [-0.3, -0.25) is 9.25 Å². The summed E-state index contributed by atoms with van der Waals surface area (Å²) in [5.41, 5.74) is 5.08. The van der Waals surface area contributed by atoms with E-state index in [0.29, 0.717) is 24.4 Å². The van der Waals surface area contributed by atoms with E-state index in [-0.39, 0.29) is 25.6 Å². The number of aliphatic hydroxyl groups excluding tert-OH is 7. The Morgan fingerprint density at radius 3 is 2.45 bits per heavy atom. The molecule has 0 spiro atoms. The van der Waals surface area contributed by atoms with Gasteiger partial charge in [-0.1, -0.05) is 18.1 Å². The van der Waals surface area contributed by atoms with Gasteiger partial charge in [-0.2, -0.15) is 4.98 Å². The number of nitrogens with one attached hydrogen (secondary N) is 1. The van der Waals surface area contributed by atoms with Gasteiger partial charge in [0.05, 0.1) is 26.0 Å². The van der Waals surface area contributed by atoms with Crippen LogP contribution in [0.25, 0.3) is 0 Å². The van der Waals surface area contributed by atoms with E-state index in [1.165, 1.54) is 28.6 Å². The number of nitrogens with zero attached hydrogens (tertiary/aromatic N) is 5. The summed E-state index contributed by atoms with van der Waals surface area (Å²) in [4.78, 5) is 27.9. The molecule has 1 amide bonds. The third-order valence-corrected chi connectivity index (χ3v) is 9.87. The van der Waals surface area contributed by atoms with Crippen molar-refractivity contribution in [3.8, 4) is 0 Å². The van der Waals surface area contributed by atoms with Gasteiger partial charge < -0.3 is 75.2 Å². The van der Waals surface area contributed by atoms with Crippen molar-refractivity contribution in [1.82, 2.24) is 29.9 Å². The van der Waals surface area contributed by atoms with Crippen LogP contribution in [0.1, 0.15) is 37.6 Å². The lowest BCUT2D eigenvalue weighted by atomic mass is 9.97. The van der Waals surface area contributed by atoms with Crippen LogP contribution in [-0.2, 0) is 41.5 Å². The molecule has 0 saturated carbocycles. The predicted octanol–water partition coefficient (Wildman–Crippen LogP) is -3.87. The third kappa shape index (κ3) is 10.8. The average molecular weight is 778 g/mol. The quantitative estimate of drug-likeness (QED) is 0.0694. The maximum absolute atomic E-state index is 12.2. The van der Waals surface area contributed by atoms with Gasteiger partial charge in [-0.15, -0.1) is 16.9 Å². The second-order valence-corrected chi connectivity index (χ2v) is 13.8. The van der Waals surface area contributed by atoms with Crippen molar-refractivity contribution in [2.75, 3.05) is 37.9 Å². The molecule has 2 aromatic rings. The Bertz CT molecular complexity index is 1500. The number of ether oxygens (including phenoxy) is 6. The molecule has 53 heavy (non-hydrogen) atoms.